The van der Waals surface area contributed by atoms with Crippen molar-refractivity contribution in [3.05, 3.63) is 0 Å². The Morgan fingerprint density at radius 2 is 2.17 bits per heavy atom. The van der Waals surface area contributed by atoms with Crippen LogP contribution < -0.4 is 5.32 Å². The molecule has 0 aromatic rings. The van der Waals surface area contributed by atoms with E-state index in [9.17, 15) is 9.59 Å². The summed E-state index contributed by atoms with van der Waals surface area (Å²) >= 11 is 0. The molecule has 1 N–H and O–H groups in total. The van der Waals surface area contributed by atoms with Gasteiger partial charge in [0.2, 0.25) is 5.91 Å². The Balaban J connectivity index is 2.01. The molecule has 0 spiro atoms. The second-order valence-electron chi connectivity index (χ2n) is 4.43. The van der Waals surface area contributed by atoms with Crippen LogP contribution in [-0.4, -0.2) is 37.7 Å². The fourth-order valence-electron chi connectivity index (χ4n) is 1.95. The molecule has 1 atom stereocenters. The number of amides is 1. The summed E-state index contributed by atoms with van der Waals surface area (Å²) in [6, 6.07) is 0. The first-order valence-corrected chi connectivity index (χ1v) is 6.76. The highest BCUT2D eigenvalue weighted by Gasteiger charge is 2.15. The van der Waals surface area contributed by atoms with Crippen LogP contribution in [0.25, 0.3) is 0 Å². The first-order valence-electron chi connectivity index (χ1n) is 6.76. The Morgan fingerprint density at radius 3 is 2.83 bits per heavy atom. The Morgan fingerprint density at radius 1 is 1.33 bits per heavy atom. The van der Waals surface area contributed by atoms with Gasteiger partial charge in [0.1, 0.15) is 0 Å². The third-order valence-corrected chi connectivity index (χ3v) is 2.92. The molecule has 1 aliphatic rings. The van der Waals surface area contributed by atoms with E-state index in [0.29, 0.717) is 19.6 Å². The summed E-state index contributed by atoms with van der Waals surface area (Å²) in [6.07, 6.45) is 5.07. The lowest BCUT2D eigenvalue weighted by Crippen LogP contribution is -2.28. The molecule has 1 amide bonds. The SMILES string of the molecule is CCOC(=O)CCNC(=O)CCC1CCCCO1. The molecular weight excluding hydrogens is 234 g/mol. The van der Waals surface area contributed by atoms with E-state index in [4.69, 9.17) is 9.47 Å². The van der Waals surface area contributed by atoms with Gasteiger partial charge in [0.05, 0.1) is 19.1 Å². The summed E-state index contributed by atoms with van der Waals surface area (Å²) in [7, 11) is 0. The van der Waals surface area contributed by atoms with Crippen molar-refractivity contribution >= 4 is 11.9 Å². The highest BCUT2D eigenvalue weighted by Crippen LogP contribution is 2.16. The van der Waals surface area contributed by atoms with Crippen LogP contribution in [0.4, 0.5) is 0 Å². The molecule has 0 radical (unpaired) electrons. The van der Waals surface area contributed by atoms with E-state index in [2.05, 4.69) is 5.32 Å². The van der Waals surface area contributed by atoms with Gasteiger partial charge >= 0.3 is 5.97 Å². The van der Waals surface area contributed by atoms with Crippen LogP contribution in [0, 0.1) is 0 Å². The number of nitrogens with one attached hydrogen (secondary N) is 1. The largest absolute Gasteiger partial charge is 0.466 e. The van der Waals surface area contributed by atoms with Gasteiger partial charge in [0.25, 0.3) is 0 Å². The first kappa shape index (κ1) is 15.0. The summed E-state index contributed by atoms with van der Waals surface area (Å²) < 4.78 is 10.3. The zero-order valence-electron chi connectivity index (χ0n) is 11.1. The molecule has 1 heterocycles. The van der Waals surface area contributed by atoms with E-state index in [-0.39, 0.29) is 24.4 Å². The summed E-state index contributed by atoms with van der Waals surface area (Å²) in [5.74, 6) is -0.290. The number of hydrogen-bond donors (Lipinski definition) is 1. The molecule has 1 fully saturated rings. The highest BCUT2D eigenvalue weighted by molar-refractivity contribution is 5.77. The number of hydrogen-bond acceptors (Lipinski definition) is 4. The Bertz CT molecular complexity index is 262. The number of carbonyl (C=O) groups excluding carboxylic acids is 2. The molecular formula is C13H23NO4. The Kier molecular flexibility index (Phi) is 7.41. The fourth-order valence-corrected chi connectivity index (χ4v) is 1.95. The van der Waals surface area contributed by atoms with Gasteiger partial charge in [0.15, 0.2) is 0 Å². The maximum Gasteiger partial charge on any atom is 0.307 e. The second kappa shape index (κ2) is 8.91. The second-order valence-corrected chi connectivity index (χ2v) is 4.43. The third kappa shape index (κ3) is 6.59. The summed E-state index contributed by atoms with van der Waals surface area (Å²) in [5.41, 5.74) is 0. The standard InChI is InChI=1S/C13H23NO4/c1-2-17-13(16)8-9-14-12(15)7-6-11-5-3-4-10-18-11/h11H,2-10H2,1H3,(H,14,15). The third-order valence-electron chi connectivity index (χ3n) is 2.92. The van der Waals surface area contributed by atoms with Gasteiger partial charge in [-0.3, -0.25) is 9.59 Å². The first-order chi connectivity index (χ1) is 8.72. The monoisotopic (exact) mass is 257 g/mol. The summed E-state index contributed by atoms with van der Waals surface area (Å²) in [5, 5.41) is 2.72. The van der Waals surface area contributed by atoms with Crippen molar-refractivity contribution in [2.45, 2.75) is 51.6 Å². The van der Waals surface area contributed by atoms with Gasteiger partial charge < -0.3 is 14.8 Å². The molecule has 0 aliphatic carbocycles. The molecule has 1 saturated heterocycles. The van der Waals surface area contributed by atoms with Crippen molar-refractivity contribution in [3.63, 3.8) is 0 Å². The van der Waals surface area contributed by atoms with Crippen LogP contribution in [0.15, 0.2) is 0 Å². The van der Waals surface area contributed by atoms with Crippen LogP contribution in [0.5, 0.6) is 0 Å². The molecule has 5 nitrogen and oxygen atoms in total. The van der Waals surface area contributed by atoms with Crippen LogP contribution in [0.3, 0.4) is 0 Å². The molecule has 104 valence electrons. The van der Waals surface area contributed by atoms with Gasteiger partial charge in [-0.15, -0.1) is 0 Å². The van der Waals surface area contributed by atoms with Gasteiger partial charge in [-0.1, -0.05) is 0 Å². The van der Waals surface area contributed by atoms with E-state index < -0.39 is 0 Å². The molecule has 1 rings (SSSR count). The van der Waals surface area contributed by atoms with Crippen LogP contribution in [0.2, 0.25) is 0 Å². The lowest BCUT2D eigenvalue weighted by atomic mass is 10.0. The Hall–Kier alpha value is -1.10. The quantitative estimate of drug-likeness (QED) is 0.700. The van der Waals surface area contributed by atoms with Crippen molar-refractivity contribution < 1.29 is 19.1 Å². The van der Waals surface area contributed by atoms with Crippen LogP contribution in [0.1, 0.15) is 45.4 Å². The number of ether oxygens (including phenoxy) is 2. The number of esters is 1. The molecule has 18 heavy (non-hydrogen) atoms. The molecule has 5 heteroatoms. The van der Waals surface area contributed by atoms with Crippen molar-refractivity contribution in [2.75, 3.05) is 19.8 Å². The zero-order valence-corrected chi connectivity index (χ0v) is 11.1. The van der Waals surface area contributed by atoms with Gasteiger partial charge in [0, 0.05) is 19.6 Å². The zero-order chi connectivity index (χ0) is 13.2. The molecule has 0 aromatic carbocycles. The molecule has 0 saturated carbocycles. The molecule has 0 aromatic heterocycles. The number of carbonyl (C=O) groups is 2. The van der Waals surface area contributed by atoms with Crippen molar-refractivity contribution in [2.24, 2.45) is 0 Å². The molecule has 0 bridgehead atoms. The molecule has 1 unspecified atom stereocenters. The van der Waals surface area contributed by atoms with E-state index in [0.717, 1.165) is 25.9 Å². The topological polar surface area (TPSA) is 64.6 Å². The van der Waals surface area contributed by atoms with Crippen molar-refractivity contribution in [1.82, 2.24) is 5.32 Å². The number of rotatable bonds is 7. The minimum absolute atomic E-state index is 0.0199. The minimum Gasteiger partial charge on any atom is -0.466 e. The van der Waals surface area contributed by atoms with E-state index in [1.165, 1.54) is 6.42 Å². The maximum atomic E-state index is 11.5. The van der Waals surface area contributed by atoms with E-state index in [1.54, 1.807) is 6.92 Å². The van der Waals surface area contributed by atoms with Crippen molar-refractivity contribution in [1.29, 1.82) is 0 Å². The Labute approximate surface area is 108 Å². The fraction of sp³-hybridized carbons (Fsp3) is 0.846. The van der Waals surface area contributed by atoms with Gasteiger partial charge in [-0.05, 0) is 32.6 Å². The van der Waals surface area contributed by atoms with E-state index in [1.807, 2.05) is 0 Å². The van der Waals surface area contributed by atoms with Gasteiger partial charge in [-0.2, -0.15) is 0 Å². The van der Waals surface area contributed by atoms with E-state index >= 15 is 0 Å². The smallest absolute Gasteiger partial charge is 0.307 e. The summed E-state index contributed by atoms with van der Waals surface area (Å²) in [6.45, 7) is 3.31. The lowest BCUT2D eigenvalue weighted by Gasteiger charge is -2.22. The average Bonchev–Trinajstić information content (AvgIpc) is 2.38. The van der Waals surface area contributed by atoms with Crippen LogP contribution >= 0.6 is 0 Å². The molecule has 1 aliphatic heterocycles. The lowest BCUT2D eigenvalue weighted by molar-refractivity contribution is -0.143. The van der Waals surface area contributed by atoms with Crippen LogP contribution in [-0.2, 0) is 19.1 Å². The van der Waals surface area contributed by atoms with Gasteiger partial charge in [-0.25, -0.2) is 0 Å². The minimum atomic E-state index is -0.270. The maximum absolute atomic E-state index is 11.5. The average molecular weight is 257 g/mol. The predicted octanol–water partition coefficient (Wildman–Crippen LogP) is 1.41. The normalized spacial score (nSPS) is 19.3. The summed E-state index contributed by atoms with van der Waals surface area (Å²) in [4.78, 5) is 22.5. The van der Waals surface area contributed by atoms with Crippen molar-refractivity contribution in [3.8, 4) is 0 Å². The predicted molar refractivity (Wildman–Crippen MR) is 67.1 cm³/mol. The highest BCUT2D eigenvalue weighted by atomic mass is 16.5.